The summed E-state index contributed by atoms with van der Waals surface area (Å²) < 4.78 is 5.79. The highest BCUT2D eigenvalue weighted by Gasteiger charge is 2.09. The molecule has 7 heteroatoms. The van der Waals surface area contributed by atoms with E-state index >= 15 is 0 Å². The SMILES string of the molecule is O=c1ccc(Cc2ccc(Cl)c(Oc3ccc(Cl)cc3Cl)c2)n[nH]1. The van der Waals surface area contributed by atoms with E-state index in [0.29, 0.717) is 33.0 Å². The Kier molecular flexibility index (Phi) is 5.09. The fraction of sp³-hybridized carbons (Fsp3) is 0.0588. The van der Waals surface area contributed by atoms with E-state index in [2.05, 4.69) is 10.2 Å². The zero-order chi connectivity index (χ0) is 17.1. The summed E-state index contributed by atoms with van der Waals surface area (Å²) in [7, 11) is 0. The number of nitrogens with zero attached hydrogens (tertiary/aromatic N) is 1. The Labute approximate surface area is 153 Å². The van der Waals surface area contributed by atoms with Crippen molar-refractivity contribution in [2.75, 3.05) is 0 Å². The third kappa shape index (κ3) is 4.09. The van der Waals surface area contributed by atoms with Gasteiger partial charge in [-0.3, -0.25) is 4.79 Å². The Morgan fingerprint density at radius 2 is 1.75 bits per heavy atom. The van der Waals surface area contributed by atoms with E-state index in [-0.39, 0.29) is 5.56 Å². The largest absolute Gasteiger partial charge is 0.454 e. The molecule has 1 aromatic heterocycles. The molecular formula is C17H11Cl3N2O2. The molecule has 1 heterocycles. The predicted octanol–water partition coefficient (Wildman–Crippen LogP) is 5.11. The maximum Gasteiger partial charge on any atom is 0.264 e. The van der Waals surface area contributed by atoms with Crippen LogP contribution in [0.1, 0.15) is 11.3 Å². The Morgan fingerprint density at radius 3 is 2.46 bits per heavy atom. The molecule has 0 aliphatic heterocycles. The number of aromatic nitrogens is 2. The molecule has 4 nitrogen and oxygen atoms in total. The van der Waals surface area contributed by atoms with Gasteiger partial charge >= 0.3 is 0 Å². The molecule has 0 amide bonds. The molecule has 1 N–H and O–H groups in total. The van der Waals surface area contributed by atoms with Gasteiger partial charge < -0.3 is 4.74 Å². The number of H-pyrrole nitrogens is 1. The van der Waals surface area contributed by atoms with Crippen LogP contribution in [0.5, 0.6) is 11.5 Å². The molecule has 0 unspecified atom stereocenters. The van der Waals surface area contributed by atoms with Crippen molar-refractivity contribution in [2.45, 2.75) is 6.42 Å². The van der Waals surface area contributed by atoms with Crippen LogP contribution < -0.4 is 10.3 Å². The van der Waals surface area contributed by atoms with Crippen LogP contribution in [-0.2, 0) is 6.42 Å². The Morgan fingerprint density at radius 1 is 0.917 bits per heavy atom. The quantitative estimate of drug-likeness (QED) is 0.683. The number of aromatic amines is 1. The average molecular weight is 382 g/mol. The maximum atomic E-state index is 11.1. The van der Waals surface area contributed by atoms with Crippen molar-refractivity contribution < 1.29 is 4.74 Å². The molecule has 0 atom stereocenters. The molecule has 0 aliphatic rings. The Bertz CT molecular complexity index is 921. The minimum atomic E-state index is -0.240. The maximum absolute atomic E-state index is 11.1. The molecule has 0 fully saturated rings. The average Bonchev–Trinajstić information content (AvgIpc) is 2.55. The van der Waals surface area contributed by atoms with Crippen molar-refractivity contribution in [2.24, 2.45) is 0 Å². The van der Waals surface area contributed by atoms with Gasteiger partial charge in [-0.05, 0) is 42.0 Å². The summed E-state index contributed by atoms with van der Waals surface area (Å²) in [6.45, 7) is 0. The van der Waals surface area contributed by atoms with Crippen LogP contribution in [0.15, 0.2) is 53.3 Å². The second-order valence-electron chi connectivity index (χ2n) is 5.03. The van der Waals surface area contributed by atoms with E-state index in [1.54, 1.807) is 36.4 Å². The van der Waals surface area contributed by atoms with E-state index in [0.717, 1.165) is 11.3 Å². The van der Waals surface area contributed by atoms with Crippen molar-refractivity contribution in [3.8, 4) is 11.5 Å². The second-order valence-corrected chi connectivity index (χ2v) is 6.28. The lowest BCUT2D eigenvalue weighted by atomic mass is 10.1. The van der Waals surface area contributed by atoms with E-state index in [4.69, 9.17) is 39.5 Å². The van der Waals surface area contributed by atoms with Gasteiger partial charge in [0.2, 0.25) is 0 Å². The van der Waals surface area contributed by atoms with Crippen molar-refractivity contribution in [3.05, 3.63) is 85.2 Å². The van der Waals surface area contributed by atoms with Gasteiger partial charge in [-0.25, -0.2) is 5.10 Å². The summed E-state index contributed by atoms with van der Waals surface area (Å²) in [6.07, 6.45) is 0.526. The molecule has 2 aromatic carbocycles. The third-order valence-electron chi connectivity index (χ3n) is 3.23. The van der Waals surface area contributed by atoms with E-state index in [1.807, 2.05) is 6.07 Å². The van der Waals surface area contributed by atoms with Crippen molar-refractivity contribution >= 4 is 34.8 Å². The summed E-state index contributed by atoms with van der Waals surface area (Å²) in [4.78, 5) is 11.1. The highest BCUT2D eigenvalue weighted by molar-refractivity contribution is 6.35. The normalized spacial score (nSPS) is 10.6. The number of nitrogens with one attached hydrogen (secondary N) is 1. The minimum absolute atomic E-state index is 0.240. The molecule has 0 spiro atoms. The van der Waals surface area contributed by atoms with Crippen molar-refractivity contribution in [1.82, 2.24) is 10.2 Å². The van der Waals surface area contributed by atoms with Crippen LogP contribution in [-0.4, -0.2) is 10.2 Å². The van der Waals surface area contributed by atoms with Gasteiger partial charge in [0, 0.05) is 17.5 Å². The fourth-order valence-corrected chi connectivity index (χ4v) is 2.70. The van der Waals surface area contributed by atoms with Crippen LogP contribution in [0.25, 0.3) is 0 Å². The van der Waals surface area contributed by atoms with Crippen LogP contribution in [0.2, 0.25) is 15.1 Å². The summed E-state index contributed by atoms with van der Waals surface area (Å²) in [5.74, 6) is 0.935. The topological polar surface area (TPSA) is 55.0 Å². The number of hydrogen-bond acceptors (Lipinski definition) is 3. The van der Waals surface area contributed by atoms with Crippen LogP contribution in [0.4, 0.5) is 0 Å². The molecule has 122 valence electrons. The second kappa shape index (κ2) is 7.26. The Hall–Kier alpha value is -2.01. The fourth-order valence-electron chi connectivity index (χ4n) is 2.09. The van der Waals surface area contributed by atoms with E-state index in [9.17, 15) is 4.79 Å². The standard InChI is InChI=1S/C17H11Cl3N2O2/c18-11-2-5-15(14(20)9-11)24-16-8-10(1-4-13(16)19)7-12-3-6-17(23)22-21-12/h1-6,8-9H,7H2,(H,22,23). The highest BCUT2D eigenvalue weighted by atomic mass is 35.5. The van der Waals surface area contributed by atoms with Gasteiger partial charge in [0.1, 0.15) is 11.5 Å². The predicted molar refractivity (Wildman–Crippen MR) is 95.7 cm³/mol. The monoisotopic (exact) mass is 380 g/mol. The van der Waals surface area contributed by atoms with Gasteiger partial charge in [-0.2, -0.15) is 5.10 Å². The van der Waals surface area contributed by atoms with Crippen molar-refractivity contribution in [3.63, 3.8) is 0 Å². The first kappa shape index (κ1) is 16.8. The van der Waals surface area contributed by atoms with Crippen LogP contribution >= 0.6 is 34.8 Å². The molecule has 0 bridgehead atoms. The minimum Gasteiger partial charge on any atom is -0.454 e. The number of hydrogen-bond donors (Lipinski definition) is 1. The molecule has 0 radical (unpaired) electrons. The van der Waals surface area contributed by atoms with E-state index in [1.165, 1.54) is 6.07 Å². The summed E-state index contributed by atoms with van der Waals surface area (Å²) in [5.41, 5.74) is 1.42. The first-order valence-corrected chi connectivity index (χ1v) is 8.10. The zero-order valence-electron chi connectivity index (χ0n) is 12.2. The van der Waals surface area contributed by atoms with Gasteiger partial charge in [-0.15, -0.1) is 0 Å². The number of rotatable bonds is 4. The van der Waals surface area contributed by atoms with Crippen LogP contribution in [0, 0.1) is 0 Å². The third-order valence-corrected chi connectivity index (χ3v) is 4.07. The summed E-state index contributed by atoms with van der Waals surface area (Å²) in [6, 6.07) is 13.5. The van der Waals surface area contributed by atoms with Crippen LogP contribution in [0.3, 0.4) is 0 Å². The summed E-state index contributed by atoms with van der Waals surface area (Å²) >= 11 is 18.2. The number of halogens is 3. The van der Waals surface area contributed by atoms with E-state index < -0.39 is 0 Å². The lowest BCUT2D eigenvalue weighted by Crippen LogP contribution is -2.07. The van der Waals surface area contributed by atoms with Gasteiger partial charge in [0.15, 0.2) is 0 Å². The molecule has 3 aromatic rings. The molecule has 0 saturated carbocycles. The first-order valence-electron chi connectivity index (χ1n) is 6.97. The van der Waals surface area contributed by atoms with Gasteiger partial charge in [0.05, 0.1) is 15.7 Å². The number of ether oxygens (including phenoxy) is 1. The smallest absolute Gasteiger partial charge is 0.264 e. The highest BCUT2D eigenvalue weighted by Crippen LogP contribution is 2.35. The molecule has 0 aliphatic carbocycles. The first-order chi connectivity index (χ1) is 11.5. The Balaban J connectivity index is 1.85. The lowest BCUT2D eigenvalue weighted by Gasteiger charge is -2.11. The zero-order valence-corrected chi connectivity index (χ0v) is 14.5. The van der Waals surface area contributed by atoms with Crippen molar-refractivity contribution in [1.29, 1.82) is 0 Å². The summed E-state index contributed by atoms with van der Waals surface area (Å²) in [5, 5.41) is 7.77. The molecule has 24 heavy (non-hydrogen) atoms. The lowest BCUT2D eigenvalue weighted by molar-refractivity contribution is 0.482. The number of benzene rings is 2. The molecule has 0 saturated heterocycles. The van der Waals surface area contributed by atoms with Gasteiger partial charge in [0.25, 0.3) is 5.56 Å². The molecule has 3 rings (SSSR count). The molecular weight excluding hydrogens is 371 g/mol. The van der Waals surface area contributed by atoms with Gasteiger partial charge in [-0.1, -0.05) is 40.9 Å².